The molecule has 0 fully saturated rings. The largest absolute Gasteiger partial charge is 0.374 e. The fraction of sp³-hybridized carbons (Fsp3) is 0.533. The minimum Gasteiger partial charge on any atom is -0.374 e. The standard InChI is InChI=1S/C15H25N3O/c1-12(2)17-11-13-7-5-6-8-14(13)18(4)10-9-15(19)16-3/h5-8,12,17H,9-11H2,1-4H3,(H,16,19). The summed E-state index contributed by atoms with van der Waals surface area (Å²) in [5, 5.41) is 6.08. The highest BCUT2D eigenvalue weighted by molar-refractivity contribution is 5.76. The lowest BCUT2D eigenvalue weighted by molar-refractivity contribution is -0.120. The van der Waals surface area contributed by atoms with Crippen LogP contribution in [0.2, 0.25) is 0 Å². The monoisotopic (exact) mass is 263 g/mol. The van der Waals surface area contributed by atoms with Gasteiger partial charge in [-0.2, -0.15) is 0 Å². The van der Waals surface area contributed by atoms with Gasteiger partial charge in [-0.25, -0.2) is 0 Å². The van der Waals surface area contributed by atoms with E-state index < -0.39 is 0 Å². The third kappa shape index (κ3) is 5.30. The number of rotatable bonds is 7. The summed E-state index contributed by atoms with van der Waals surface area (Å²) in [5.41, 5.74) is 2.44. The van der Waals surface area contributed by atoms with Crippen LogP contribution in [0.3, 0.4) is 0 Å². The van der Waals surface area contributed by atoms with Gasteiger partial charge in [-0.15, -0.1) is 0 Å². The number of nitrogens with one attached hydrogen (secondary N) is 2. The van der Waals surface area contributed by atoms with Crippen LogP contribution in [0.5, 0.6) is 0 Å². The molecule has 106 valence electrons. The number of anilines is 1. The maximum atomic E-state index is 11.3. The van der Waals surface area contributed by atoms with E-state index in [1.165, 1.54) is 11.3 Å². The van der Waals surface area contributed by atoms with Crippen molar-refractivity contribution in [3.05, 3.63) is 29.8 Å². The summed E-state index contributed by atoms with van der Waals surface area (Å²) < 4.78 is 0. The lowest BCUT2D eigenvalue weighted by atomic mass is 10.1. The normalized spacial score (nSPS) is 10.6. The van der Waals surface area contributed by atoms with Gasteiger partial charge in [0.15, 0.2) is 0 Å². The van der Waals surface area contributed by atoms with E-state index in [2.05, 4.69) is 41.5 Å². The van der Waals surface area contributed by atoms with Gasteiger partial charge in [0.25, 0.3) is 0 Å². The van der Waals surface area contributed by atoms with Gasteiger partial charge in [-0.3, -0.25) is 4.79 Å². The number of nitrogens with zero attached hydrogens (tertiary/aromatic N) is 1. The lowest BCUT2D eigenvalue weighted by Crippen LogP contribution is -2.28. The van der Waals surface area contributed by atoms with Crippen molar-refractivity contribution in [2.45, 2.75) is 32.9 Å². The van der Waals surface area contributed by atoms with E-state index in [1.807, 2.05) is 19.2 Å². The van der Waals surface area contributed by atoms with Gasteiger partial charge < -0.3 is 15.5 Å². The zero-order valence-corrected chi connectivity index (χ0v) is 12.4. The van der Waals surface area contributed by atoms with E-state index in [4.69, 9.17) is 0 Å². The van der Waals surface area contributed by atoms with E-state index in [0.29, 0.717) is 12.5 Å². The molecule has 0 aromatic heterocycles. The third-order valence-corrected chi connectivity index (χ3v) is 3.06. The van der Waals surface area contributed by atoms with Crippen LogP contribution in [-0.4, -0.2) is 32.6 Å². The molecule has 0 atom stereocenters. The maximum absolute atomic E-state index is 11.3. The Morgan fingerprint density at radius 2 is 2.00 bits per heavy atom. The van der Waals surface area contributed by atoms with Crippen LogP contribution in [0.1, 0.15) is 25.8 Å². The highest BCUT2D eigenvalue weighted by Gasteiger charge is 2.08. The molecular weight excluding hydrogens is 238 g/mol. The highest BCUT2D eigenvalue weighted by atomic mass is 16.1. The van der Waals surface area contributed by atoms with Gasteiger partial charge in [0, 0.05) is 45.3 Å². The van der Waals surface area contributed by atoms with E-state index in [0.717, 1.165) is 13.1 Å². The number of hydrogen-bond donors (Lipinski definition) is 2. The Balaban J connectivity index is 2.67. The molecule has 0 heterocycles. The summed E-state index contributed by atoms with van der Waals surface area (Å²) >= 11 is 0. The molecule has 0 aliphatic carbocycles. The first-order chi connectivity index (χ1) is 9.04. The Bertz CT molecular complexity index is 404. The summed E-state index contributed by atoms with van der Waals surface area (Å²) in [7, 11) is 3.69. The Morgan fingerprint density at radius 1 is 1.32 bits per heavy atom. The van der Waals surface area contributed by atoms with Crippen LogP contribution < -0.4 is 15.5 Å². The van der Waals surface area contributed by atoms with Crippen LogP contribution in [0.15, 0.2) is 24.3 Å². The smallest absolute Gasteiger partial charge is 0.221 e. The van der Waals surface area contributed by atoms with Crippen molar-refractivity contribution in [3.8, 4) is 0 Å². The molecule has 2 N–H and O–H groups in total. The summed E-state index contributed by atoms with van der Waals surface area (Å²) in [6, 6.07) is 8.77. The van der Waals surface area contributed by atoms with Gasteiger partial charge in [0.05, 0.1) is 0 Å². The van der Waals surface area contributed by atoms with Crippen molar-refractivity contribution >= 4 is 11.6 Å². The molecule has 0 aliphatic heterocycles. The highest BCUT2D eigenvalue weighted by Crippen LogP contribution is 2.19. The second-order valence-electron chi connectivity index (χ2n) is 5.01. The Hall–Kier alpha value is -1.55. The van der Waals surface area contributed by atoms with Gasteiger partial charge in [0.1, 0.15) is 0 Å². The van der Waals surface area contributed by atoms with Crippen molar-refractivity contribution in [2.75, 3.05) is 25.5 Å². The Kier molecular flexibility index (Phi) is 6.36. The summed E-state index contributed by atoms with van der Waals surface area (Å²) in [6.07, 6.45) is 0.513. The Morgan fingerprint density at radius 3 is 2.63 bits per heavy atom. The van der Waals surface area contributed by atoms with E-state index in [9.17, 15) is 4.79 Å². The maximum Gasteiger partial charge on any atom is 0.221 e. The van der Waals surface area contributed by atoms with Crippen molar-refractivity contribution in [1.82, 2.24) is 10.6 Å². The number of amides is 1. The first kappa shape index (κ1) is 15.5. The quantitative estimate of drug-likeness (QED) is 0.788. The molecule has 1 aromatic rings. The second-order valence-corrected chi connectivity index (χ2v) is 5.01. The van der Waals surface area contributed by atoms with Gasteiger partial charge in [-0.05, 0) is 11.6 Å². The molecule has 4 nitrogen and oxygen atoms in total. The number of benzene rings is 1. The Labute approximate surface area is 116 Å². The molecule has 0 aliphatic rings. The van der Waals surface area contributed by atoms with Crippen LogP contribution in [-0.2, 0) is 11.3 Å². The predicted molar refractivity (Wildman–Crippen MR) is 80.4 cm³/mol. The molecule has 1 aromatic carbocycles. The zero-order chi connectivity index (χ0) is 14.3. The van der Waals surface area contributed by atoms with Gasteiger partial charge in [-0.1, -0.05) is 32.0 Å². The fourth-order valence-electron chi connectivity index (χ4n) is 1.86. The van der Waals surface area contributed by atoms with E-state index in [1.54, 1.807) is 7.05 Å². The van der Waals surface area contributed by atoms with Crippen molar-refractivity contribution < 1.29 is 4.79 Å². The molecule has 19 heavy (non-hydrogen) atoms. The molecule has 0 spiro atoms. The first-order valence-electron chi connectivity index (χ1n) is 6.77. The van der Waals surface area contributed by atoms with Crippen molar-refractivity contribution in [2.24, 2.45) is 0 Å². The topological polar surface area (TPSA) is 44.4 Å². The molecule has 4 heteroatoms. The second kappa shape index (κ2) is 7.79. The SMILES string of the molecule is CNC(=O)CCN(C)c1ccccc1CNC(C)C. The molecule has 0 bridgehead atoms. The molecule has 1 rings (SSSR count). The average Bonchev–Trinajstić information content (AvgIpc) is 2.42. The van der Waals surface area contributed by atoms with Crippen LogP contribution in [0, 0.1) is 0 Å². The van der Waals surface area contributed by atoms with Crippen molar-refractivity contribution in [1.29, 1.82) is 0 Å². The van der Waals surface area contributed by atoms with Crippen LogP contribution >= 0.6 is 0 Å². The molecule has 0 unspecified atom stereocenters. The van der Waals surface area contributed by atoms with Gasteiger partial charge in [0.2, 0.25) is 5.91 Å². The number of carbonyl (C=O) groups excluding carboxylic acids is 1. The van der Waals surface area contributed by atoms with E-state index >= 15 is 0 Å². The fourth-order valence-corrected chi connectivity index (χ4v) is 1.86. The van der Waals surface area contributed by atoms with Crippen LogP contribution in [0.4, 0.5) is 5.69 Å². The first-order valence-corrected chi connectivity index (χ1v) is 6.77. The van der Waals surface area contributed by atoms with E-state index in [-0.39, 0.29) is 5.91 Å². The number of carbonyl (C=O) groups is 1. The molecular formula is C15H25N3O. The minimum absolute atomic E-state index is 0.0737. The minimum atomic E-state index is 0.0737. The predicted octanol–water partition coefficient (Wildman–Crippen LogP) is 1.76. The molecule has 1 amide bonds. The number of hydrogen-bond acceptors (Lipinski definition) is 3. The lowest BCUT2D eigenvalue weighted by Gasteiger charge is -2.23. The molecule has 0 saturated heterocycles. The summed E-state index contributed by atoms with van der Waals surface area (Å²) in [5.74, 6) is 0.0737. The average molecular weight is 263 g/mol. The third-order valence-electron chi connectivity index (χ3n) is 3.06. The molecule has 0 saturated carbocycles. The number of para-hydroxylation sites is 1. The van der Waals surface area contributed by atoms with Crippen molar-refractivity contribution in [3.63, 3.8) is 0 Å². The van der Waals surface area contributed by atoms with Crippen LogP contribution in [0.25, 0.3) is 0 Å². The summed E-state index contributed by atoms with van der Waals surface area (Å²) in [6.45, 7) is 5.84. The summed E-state index contributed by atoms with van der Waals surface area (Å²) in [4.78, 5) is 13.4. The van der Waals surface area contributed by atoms with Gasteiger partial charge >= 0.3 is 0 Å². The molecule has 0 radical (unpaired) electrons. The zero-order valence-electron chi connectivity index (χ0n) is 12.4.